The standard InChI is InChI=1S/C19H18FNO4/c1-12-2-4-14(20)11-15(12)21-19(23)7-5-16(22)13-3-6-17-18(10-13)25-9-8-24-17/h2-4,6,10-11H,5,7-9H2,1H3,(H,21,23). The van der Waals surface area contributed by atoms with E-state index >= 15 is 0 Å². The Balaban J connectivity index is 1.58. The van der Waals surface area contributed by atoms with Crippen LogP contribution in [0, 0.1) is 12.7 Å². The fraction of sp³-hybridized carbons (Fsp3) is 0.263. The molecular weight excluding hydrogens is 325 g/mol. The zero-order chi connectivity index (χ0) is 17.8. The van der Waals surface area contributed by atoms with Crippen molar-refractivity contribution in [2.24, 2.45) is 0 Å². The molecule has 0 saturated heterocycles. The Morgan fingerprint density at radius 3 is 2.60 bits per heavy atom. The monoisotopic (exact) mass is 343 g/mol. The van der Waals surface area contributed by atoms with Crippen LogP contribution in [0.3, 0.4) is 0 Å². The van der Waals surface area contributed by atoms with Gasteiger partial charge in [-0.2, -0.15) is 0 Å². The molecule has 0 saturated carbocycles. The van der Waals surface area contributed by atoms with Gasteiger partial charge in [-0.05, 0) is 42.8 Å². The zero-order valence-corrected chi connectivity index (χ0v) is 13.8. The average Bonchev–Trinajstić information content (AvgIpc) is 2.62. The molecule has 6 heteroatoms. The number of ether oxygens (including phenoxy) is 2. The quantitative estimate of drug-likeness (QED) is 0.844. The number of carbonyl (C=O) groups is 2. The zero-order valence-electron chi connectivity index (χ0n) is 13.8. The molecule has 2 aromatic rings. The SMILES string of the molecule is Cc1ccc(F)cc1NC(=O)CCC(=O)c1ccc2c(c1)OCCO2. The van der Waals surface area contributed by atoms with E-state index in [-0.39, 0.29) is 24.5 Å². The first-order chi connectivity index (χ1) is 12.0. The van der Waals surface area contributed by atoms with Gasteiger partial charge in [0.1, 0.15) is 19.0 Å². The summed E-state index contributed by atoms with van der Waals surface area (Å²) in [4.78, 5) is 24.3. The van der Waals surface area contributed by atoms with Crippen LogP contribution in [0.2, 0.25) is 0 Å². The second-order valence-electron chi connectivity index (χ2n) is 5.79. The molecule has 0 bridgehead atoms. The van der Waals surface area contributed by atoms with Crippen LogP contribution in [0.15, 0.2) is 36.4 Å². The minimum Gasteiger partial charge on any atom is -0.486 e. The topological polar surface area (TPSA) is 64.6 Å². The van der Waals surface area contributed by atoms with E-state index in [1.54, 1.807) is 31.2 Å². The van der Waals surface area contributed by atoms with Gasteiger partial charge in [-0.15, -0.1) is 0 Å². The molecule has 0 atom stereocenters. The number of ketones is 1. The molecule has 0 aromatic heterocycles. The van der Waals surface area contributed by atoms with E-state index in [0.29, 0.717) is 36.0 Å². The lowest BCUT2D eigenvalue weighted by Crippen LogP contribution is -2.16. The first-order valence-corrected chi connectivity index (χ1v) is 8.02. The molecule has 0 aliphatic carbocycles. The number of rotatable bonds is 5. The number of nitrogens with one attached hydrogen (secondary N) is 1. The predicted molar refractivity (Wildman–Crippen MR) is 90.8 cm³/mol. The van der Waals surface area contributed by atoms with Crippen molar-refractivity contribution >= 4 is 17.4 Å². The van der Waals surface area contributed by atoms with Gasteiger partial charge in [0.05, 0.1) is 0 Å². The molecule has 0 fully saturated rings. The maximum Gasteiger partial charge on any atom is 0.224 e. The first kappa shape index (κ1) is 17.0. The average molecular weight is 343 g/mol. The Morgan fingerprint density at radius 2 is 1.80 bits per heavy atom. The van der Waals surface area contributed by atoms with Crippen molar-refractivity contribution in [3.05, 3.63) is 53.3 Å². The van der Waals surface area contributed by atoms with Gasteiger partial charge in [0, 0.05) is 24.1 Å². The van der Waals surface area contributed by atoms with Gasteiger partial charge in [-0.25, -0.2) is 4.39 Å². The second kappa shape index (κ2) is 7.34. The fourth-order valence-corrected chi connectivity index (χ4v) is 2.53. The Kier molecular flexibility index (Phi) is 4.97. The molecule has 0 unspecified atom stereocenters. The largest absolute Gasteiger partial charge is 0.486 e. The van der Waals surface area contributed by atoms with Crippen molar-refractivity contribution in [3.63, 3.8) is 0 Å². The predicted octanol–water partition coefficient (Wildman–Crippen LogP) is 3.51. The summed E-state index contributed by atoms with van der Waals surface area (Å²) in [5.41, 5.74) is 1.64. The summed E-state index contributed by atoms with van der Waals surface area (Å²) >= 11 is 0. The van der Waals surface area contributed by atoms with E-state index in [1.165, 1.54) is 12.1 Å². The number of fused-ring (bicyclic) bond motifs is 1. The molecule has 25 heavy (non-hydrogen) atoms. The summed E-state index contributed by atoms with van der Waals surface area (Å²) in [7, 11) is 0. The Morgan fingerprint density at radius 1 is 1.04 bits per heavy atom. The maximum atomic E-state index is 13.2. The summed E-state index contributed by atoms with van der Waals surface area (Å²) in [6.45, 7) is 2.70. The van der Waals surface area contributed by atoms with Crippen molar-refractivity contribution in [3.8, 4) is 11.5 Å². The third-order valence-electron chi connectivity index (χ3n) is 3.92. The van der Waals surface area contributed by atoms with Crippen LogP contribution in [0.25, 0.3) is 0 Å². The number of aryl methyl sites for hydroxylation is 1. The normalized spacial score (nSPS) is 12.6. The van der Waals surface area contributed by atoms with Crippen LogP contribution in [0.1, 0.15) is 28.8 Å². The highest BCUT2D eigenvalue weighted by molar-refractivity contribution is 6.00. The summed E-state index contributed by atoms with van der Waals surface area (Å²) in [6.07, 6.45) is 0.0725. The van der Waals surface area contributed by atoms with E-state index < -0.39 is 5.82 Å². The number of benzene rings is 2. The summed E-state index contributed by atoms with van der Waals surface area (Å²) in [6, 6.07) is 9.16. The molecule has 5 nitrogen and oxygen atoms in total. The molecule has 0 spiro atoms. The van der Waals surface area contributed by atoms with E-state index in [9.17, 15) is 14.0 Å². The lowest BCUT2D eigenvalue weighted by Gasteiger charge is -2.18. The molecule has 2 aromatic carbocycles. The van der Waals surface area contributed by atoms with Crippen LogP contribution in [0.5, 0.6) is 11.5 Å². The highest BCUT2D eigenvalue weighted by Gasteiger charge is 2.16. The van der Waals surface area contributed by atoms with E-state index in [2.05, 4.69) is 5.32 Å². The summed E-state index contributed by atoms with van der Waals surface area (Å²) < 4.78 is 24.1. The van der Waals surface area contributed by atoms with E-state index in [1.807, 2.05) is 0 Å². The van der Waals surface area contributed by atoms with Crippen molar-refractivity contribution < 1.29 is 23.5 Å². The van der Waals surface area contributed by atoms with Crippen LogP contribution < -0.4 is 14.8 Å². The third-order valence-corrected chi connectivity index (χ3v) is 3.92. The lowest BCUT2D eigenvalue weighted by atomic mass is 10.1. The number of hydrogen-bond acceptors (Lipinski definition) is 4. The molecule has 1 aliphatic heterocycles. The second-order valence-corrected chi connectivity index (χ2v) is 5.79. The number of anilines is 1. The molecule has 1 heterocycles. The van der Waals surface area contributed by atoms with Gasteiger partial charge >= 0.3 is 0 Å². The lowest BCUT2D eigenvalue weighted by molar-refractivity contribution is -0.116. The molecule has 1 aliphatic rings. The summed E-state index contributed by atoms with van der Waals surface area (Å²) in [5, 5.41) is 2.63. The van der Waals surface area contributed by atoms with Gasteiger partial charge in [-0.3, -0.25) is 9.59 Å². The van der Waals surface area contributed by atoms with Crippen LogP contribution in [0.4, 0.5) is 10.1 Å². The third kappa shape index (κ3) is 4.15. The molecular formula is C19H18FNO4. The van der Waals surface area contributed by atoms with Crippen molar-refractivity contribution in [2.75, 3.05) is 18.5 Å². The smallest absolute Gasteiger partial charge is 0.224 e. The van der Waals surface area contributed by atoms with Gasteiger partial charge < -0.3 is 14.8 Å². The number of hydrogen-bond donors (Lipinski definition) is 1. The van der Waals surface area contributed by atoms with E-state index in [0.717, 1.165) is 5.56 Å². The number of amides is 1. The molecule has 0 radical (unpaired) electrons. The van der Waals surface area contributed by atoms with Gasteiger partial charge in [0.15, 0.2) is 17.3 Å². The summed E-state index contributed by atoms with van der Waals surface area (Å²) in [5.74, 6) is 0.231. The van der Waals surface area contributed by atoms with Crippen molar-refractivity contribution in [1.29, 1.82) is 0 Å². The highest BCUT2D eigenvalue weighted by atomic mass is 19.1. The Hall–Kier alpha value is -2.89. The first-order valence-electron chi connectivity index (χ1n) is 8.02. The van der Waals surface area contributed by atoms with Crippen LogP contribution in [-0.4, -0.2) is 24.9 Å². The number of halogens is 1. The van der Waals surface area contributed by atoms with Gasteiger partial charge in [0.25, 0.3) is 0 Å². The molecule has 1 N–H and O–H groups in total. The molecule has 1 amide bonds. The Bertz CT molecular complexity index is 819. The minimum atomic E-state index is -0.423. The maximum absolute atomic E-state index is 13.2. The fourth-order valence-electron chi connectivity index (χ4n) is 2.53. The van der Waals surface area contributed by atoms with Crippen molar-refractivity contribution in [1.82, 2.24) is 0 Å². The highest BCUT2D eigenvalue weighted by Crippen LogP contribution is 2.31. The van der Waals surface area contributed by atoms with Crippen molar-refractivity contribution in [2.45, 2.75) is 19.8 Å². The number of carbonyl (C=O) groups excluding carboxylic acids is 2. The Labute approximate surface area is 144 Å². The van der Waals surface area contributed by atoms with Crippen LogP contribution >= 0.6 is 0 Å². The van der Waals surface area contributed by atoms with E-state index in [4.69, 9.17) is 9.47 Å². The van der Waals surface area contributed by atoms with Gasteiger partial charge in [-0.1, -0.05) is 6.07 Å². The molecule has 3 rings (SSSR count). The van der Waals surface area contributed by atoms with Crippen LogP contribution in [-0.2, 0) is 4.79 Å². The number of Topliss-reactive ketones (excluding diaryl/α,β-unsaturated/α-hetero) is 1. The van der Waals surface area contributed by atoms with Gasteiger partial charge in [0.2, 0.25) is 5.91 Å². The molecule has 130 valence electrons. The minimum absolute atomic E-state index is 0.0171.